The van der Waals surface area contributed by atoms with Crippen molar-refractivity contribution in [3.63, 3.8) is 0 Å². The third-order valence-corrected chi connectivity index (χ3v) is 5.56. The van der Waals surface area contributed by atoms with Gasteiger partial charge in [0.25, 0.3) is 0 Å². The van der Waals surface area contributed by atoms with Gasteiger partial charge >= 0.3 is 0 Å². The molecular formula is C20H28N2O2. The van der Waals surface area contributed by atoms with E-state index in [1.165, 1.54) is 17.5 Å². The Bertz CT molecular complexity index is 641. The average molecular weight is 328 g/mol. The summed E-state index contributed by atoms with van der Waals surface area (Å²) in [7, 11) is 0. The van der Waals surface area contributed by atoms with Crippen LogP contribution in [0.2, 0.25) is 0 Å². The fourth-order valence-electron chi connectivity index (χ4n) is 4.50. The molecule has 3 aliphatic rings. The van der Waals surface area contributed by atoms with Crippen LogP contribution < -0.4 is 4.74 Å². The van der Waals surface area contributed by atoms with Crippen molar-refractivity contribution in [1.29, 1.82) is 0 Å². The molecule has 24 heavy (non-hydrogen) atoms. The number of benzene rings is 1. The second kappa shape index (κ2) is 6.07. The molecular weight excluding hydrogens is 300 g/mol. The van der Waals surface area contributed by atoms with Crippen LogP contribution in [0.3, 0.4) is 0 Å². The van der Waals surface area contributed by atoms with E-state index in [-0.39, 0.29) is 5.60 Å². The van der Waals surface area contributed by atoms with Crippen LogP contribution in [0, 0.1) is 0 Å². The lowest BCUT2D eigenvalue weighted by Gasteiger charge is -2.37. The normalized spacial score (nSPS) is 26.5. The van der Waals surface area contributed by atoms with Gasteiger partial charge in [-0.1, -0.05) is 12.1 Å². The summed E-state index contributed by atoms with van der Waals surface area (Å²) >= 11 is 0. The van der Waals surface area contributed by atoms with Crippen LogP contribution in [0.5, 0.6) is 5.75 Å². The number of rotatable bonds is 3. The summed E-state index contributed by atoms with van der Waals surface area (Å²) in [5, 5.41) is 0. The van der Waals surface area contributed by atoms with Gasteiger partial charge < -0.3 is 9.64 Å². The molecule has 0 aliphatic carbocycles. The first-order chi connectivity index (χ1) is 11.5. The number of carbonyl (C=O) groups is 1. The first-order valence-corrected chi connectivity index (χ1v) is 9.33. The number of carbonyl (C=O) groups excluding carboxylic acids is 1. The molecule has 4 nitrogen and oxygen atoms in total. The van der Waals surface area contributed by atoms with Gasteiger partial charge in [-0.15, -0.1) is 0 Å². The highest BCUT2D eigenvalue weighted by molar-refractivity contribution is 5.78. The van der Waals surface area contributed by atoms with Crippen LogP contribution in [-0.4, -0.2) is 47.0 Å². The van der Waals surface area contributed by atoms with Crippen molar-refractivity contribution in [3.8, 4) is 5.75 Å². The molecule has 0 radical (unpaired) electrons. The molecule has 0 N–H and O–H groups in total. The molecule has 1 aromatic rings. The number of likely N-dealkylation sites (tertiary alicyclic amines) is 2. The highest BCUT2D eigenvalue weighted by Crippen LogP contribution is 2.35. The van der Waals surface area contributed by atoms with E-state index in [1.807, 2.05) is 0 Å². The quantitative estimate of drug-likeness (QED) is 0.855. The molecule has 0 bridgehead atoms. The Kier molecular flexibility index (Phi) is 4.03. The lowest BCUT2D eigenvalue weighted by Crippen LogP contribution is -2.48. The maximum absolute atomic E-state index is 12.0. The maximum atomic E-state index is 12.0. The lowest BCUT2D eigenvalue weighted by molar-refractivity contribution is -0.130. The van der Waals surface area contributed by atoms with Crippen molar-refractivity contribution < 1.29 is 9.53 Å². The predicted molar refractivity (Wildman–Crippen MR) is 94.1 cm³/mol. The zero-order valence-corrected chi connectivity index (χ0v) is 14.9. The largest absolute Gasteiger partial charge is 0.487 e. The van der Waals surface area contributed by atoms with E-state index < -0.39 is 0 Å². The van der Waals surface area contributed by atoms with E-state index >= 15 is 0 Å². The van der Waals surface area contributed by atoms with E-state index in [9.17, 15) is 4.79 Å². The summed E-state index contributed by atoms with van der Waals surface area (Å²) in [6.45, 7) is 8.39. The molecule has 130 valence electrons. The molecule has 2 fully saturated rings. The molecule has 0 spiro atoms. The number of fused-ring (bicyclic) bond motifs is 1. The smallest absolute Gasteiger partial charge is 0.222 e. The Morgan fingerprint density at radius 2 is 2.12 bits per heavy atom. The summed E-state index contributed by atoms with van der Waals surface area (Å²) in [5.41, 5.74) is 2.62. The number of hydrogen-bond donors (Lipinski definition) is 0. The van der Waals surface area contributed by atoms with E-state index in [0.717, 1.165) is 57.6 Å². The summed E-state index contributed by atoms with van der Waals surface area (Å²) in [4.78, 5) is 16.7. The topological polar surface area (TPSA) is 32.8 Å². The van der Waals surface area contributed by atoms with Crippen molar-refractivity contribution in [3.05, 3.63) is 29.3 Å². The molecule has 0 aromatic heterocycles. The number of piperidine rings is 1. The minimum absolute atomic E-state index is 0.0761. The zero-order chi connectivity index (χ0) is 16.7. The van der Waals surface area contributed by atoms with E-state index in [4.69, 9.17) is 4.74 Å². The zero-order valence-electron chi connectivity index (χ0n) is 14.9. The molecule has 4 heteroatoms. The first-order valence-electron chi connectivity index (χ1n) is 9.33. The molecule has 1 amide bonds. The van der Waals surface area contributed by atoms with Gasteiger partial charge in [0.15, 0.2) is 0 Å². The van der Waals surface area contributed by atoms with Crippen molar-refractivity contribution in [1.82, 2.24) is 9.80 Å². The summed E-state index contributed by atoms with van der Waals surface area (Å²) in [6, 6.07) is 7.06. The second-order valence-electron chi connectivity index (χ2n) is 8.20. The third-order valence-electron chi connectivity index (χ3n) is 5.56. The van der Waals surface area contributed by atoms with Crippen molar-refractivity contribution in [2.75, 3.05) is 19.6 Å². The molecule has 1 atom stereocenters. The Hall–Kier alpha value is -1.55. The minimum Gasteiger partial charge on any atom is -0.487 e. The monoisotopic (exact) mass is 328 g/mol. The highest BCUT2D eigenvalue weighted by Gasteiger charge is 2.32. The fourth-order valence-corrected chi connectivity index (χ4v) is 4.50. The van der Waals surface area contributed by atoms with Gasteiger partial charge in [0.1, 0.15) is 11.4 Å². The van der Waals surface area contributed by atoms with Crippen LogP contribution in [0.1, 0.15) is 50.7 Å². The maximum Gasteiger partial charge on any atom is 0.222 e. The number of amides is 1. The van der Waals surface area contributed by atoms with Gasteiger partial charge in [0, 0.05) is 38.5 Å². The van der Waals surface area contributed by atoms with Gasteiger partial charge in [-0.05, 0) is 56.8 Å². The molecule has 3 heterocycles. The Labute approximate surface area is 144 Å². The third kappa shape index (κ3) is 3.16. The number of ether oxygens (including phenoxy) is 1. The second-order valence-corrected chi connectivity index (χ2v) is 8.20. The van der Waals surface area contributed by atoms with E-state index in [1.54, 1.807) is 0 Å². The first kappa shape index (κ1) is 15.9. The molecule has 4 rings (SSSR count). The molecule has 1 aromatic carbocycles. The minimum atomic E-state index is -0.0761. The standard InChI is InChI=1S/C20H28N2O2/c1-20(2)12-16-11-15(7-8-18(16)24-20)13-21-9-3-5-17(14-21)22-10-4-6-19(22)23/h7-8,11,17H,3-6,9-10,12-14H2,1-2H3. The Balaban J connectivity index is 1.41. The molecule has 0 saturated carbocycles. The van der Waals surface area contributed by atoms with Crippen LogP contribution in [0.4, 0.5) is 0 Å². The Morgan fingerprint density at radius 1 is 1.25 bits per heavy atom. The van der Waals surface area contributed by atoms with Crippen molar-refractivity contribution in [2.45, 2.75) is 64.1 Å². The van der Waals surface area contributed by atoms with Gasteiger partial charge in [0.2, 0.25) is 5.91 Å². The van der Waals surface area contributed by atoms with E-state index in [0.29, 0.717) is 11.9 Å². The molecule has 2 saturated heterocycles. The lowest BCUT2D eigenvalue weighted by atomic mass is 9.99. The highest BCUT2D eigenvalue weighted by atomic mass is 16.5. The van der Waals surface area contributed by atoms with Crippen molar-refractivity contribution in [2.24, 2.45) is 0 Å². The van der Waals surface area contributed by atoms with Crippen LogP contribution in [-0.2, 0) is 17.8 Å². The summed E-state index contributed by atoms with van der Waals surface area (Å²) in [5.74, 6) is 1.40. The Morgan fingerprint density at radius 3 is 2.92 bits per heavy atom. The SMILES string of the molecule is CC1(C)Cc2cc(CN3CCCC(N4CCCC4=O)C3)ccc2O1. The van der Waals surface area contributed by atoms with Crippen LogP contribution >= 0.6 is 0 Å². The van der Waals surface area contributed by atoms with Crippen LogP contribution in [0.15, 0.2) is 18.2 Å². The number of hydrogen-bond acceptors (Lipinski definition) is 3. The van der Waals surface area contributed by atoms with Crippen LogP contribution in [0.25, 0.3) is 0 Å². The van der Waals surface area contributed by atoms with Gasteiger partial charge in [0.05, 0.1) is 0 Å². The summed E-state index contributed by atoms with van der Waals surface area (Å²) < 4.78 is 5.98. The van der Waals surface area contributed by atoms with E-state index in [2.05, 4.69) is 41.8 Å². The molecule has 1 unspecified atom stereocenters. The van der Waals surface area contributed by atoms with Gasteiger partial charge in [-0.2, -0.15) is 0 Å². The van der Waals surface area contributed by atoms with Gasteiger partial charge in [-0.3, -0.25) is 9.69 Å². The fraction of sp³-hybridized carbons (Fsp3) is 0.650. The average Bonchev–Trinajstić information content (AvgIpc) is 3.08. The summed E-state index contributed by atoms with van der Waals surface area (Å²) in [6.07, 6.45) is 5.12. The number of nitrogens with zero attached hydrogens (tertiary/aromatic N) is 2. The van der Waals surface area contributed by atoms with Gasteiger partial charge in [-0.25, -0.2) is 0 Å². The van der Waals surface area contributed by atoms with Crippen molar-refractivity contribution >= 4 is 5.91 Å². The predicted octanol–water partition coefficient (Wildman–Crippen LogP) is 2.99. The molecule has 3 aliphatic heterocycles.